The van der Waals surface area contributed by atoms with E-state index >= 15 is 0 Å². The number of amides is 1. The molecule has 8 heteroatoms. The number of nitrogens with zero attached hydrogens (tertiary/aromatic N) is 1. The van der Waals surface area contributed by atoms with E-state index in [0.29, 0.717) is 37.6 Å². The van der Waals surface area contributed by atoms with E-state index in [1.165, 1.54) is 36.2 Å². The second-order valence-electron chi connectivity index (χ2n) is 8.85. The highest BCUT2D eigenvalue weighted by Crippen LogP contribution is 2.41. The van der Waals surface area contributed by atoms with Crippen LogP contribution in [0.5, 0.6) is 0 Å². The Morgan fingerprint density at radius 3 is 2.59 bits per heavy atom. The van der Waals surface area contributed by atoms with Crippen molar-refractivity contribution in [2.75, 3.05) is 19.7 Å². The lowest BCUT2D eigenvalue weighted by Gasteiger charge is -2.38. The first kappa shape index (κ1) is 20.8. The van der Waals surface area contributed by atoms with Gasteiger partial charge in [0.2, 0.25) is 15.9 Å². The lowest BCUT2D eigenvalue weighted by atomic mass is 9.77. The van der Waals surface area contributed by atoms with Crippen LogP contribution < -0.4 is 5.32 Å². The minimum absolute atomic E-state index is 0.0380. The predicted octanol–water partition coefficient (Wildman–Crippen LogP) is 2.46. The highest BCUT2D eigenvalue weighted by molar-refractivity contribution is 7.89. The average Bonchev–Trinajstić information content (AvgIpc) is 3.38. The van der Waals surface area contributed by atoms with Gasteiger partial charge in [-0.3, -0.25) is 4.79 Å². The van der Waals surface area contributed by atoms with Crippen molar-refractivity contribution in [3.63, 3.8) is 0 Å². The number of hydrogen-bond donors (Lipinski definition) is 1. The molecule has 1 saturated heterocycles. The van der Waals surface area contributed by atoms with Gasteiger partial charge in [0.05, 0.1) is 17.0 Å². The van der Waals surface area contributed by atoms with Crippen LogP contribution in [-0.2, 0) is 19.6 Å². The second kappa shape index (κ2) is 7.96. The van der Waals surface area contributed by atoms with E-state index < -0.39 is 15.8 Å². The summed E-state index contributed by atoms with van der Waals surface area (Å²) in [5.74, 6) is 0.336. The zero-order valence-corrected chi connectivity index (χ0v) is 17.8. The number of sulfonamides is 1. The Morgan fingerprint density at radius 1 is 1.24 bits per heavy atom. The van der Waals surface area contributed by atoms with Crippen LogP contribution in [0, 0.1) is 30.5 Å². The Bertz CT molecular complexity index is 887. The van der Waals surface area contributed by atoms with Crippen molar-refractivity contribution in [3.05, 3.63) is 29.6 Å². The third-order valence-electron chi connectivity index (χ3n) is 6.48. The summed E-state index contributed by atoms with van der Waals surface area (Å²) >= 11 is 0. The number of ether oxygens (including phenoxy) is 1. The normalized spacial score (nSPS) is 30.2. The van der Waals surface area contributed by atoms with Crippen LogP contribution in [0.1, 0.15) is 38.2 Å². The van der Waals surface area contributed by atoms with E-state index in [1.807, 2.05) is 0 Å². The third-order valence-corrected chi connectivity index (χ3v) is 8.46. The summed E-state index contributed by atoms with van der Waals surface area (Å²) in [5, 5.41) is 3.01. The minimum atomic E-state index is -3.76. The maximum Gasteiger partial charge on any atom is 0.243 e. The summed E-state index contributed by atoms with van der Waals surface area (Å²) in [5.41, 5.74) is 0.544. The molecule has 0 unspecified atom stereocenters. The quantitative estimate of drug-likeness (QED) is 0.761. The SMILES string of the molecule is CC(=O)N[C@@H]1C[C@@H]2CN(S(=O)(=O)c3cc(F)ccc3C)C[C@@H]2C[C@H]1OCC1CC1. The van der Waals surface area contributed by atoms with Crippen LogP contribution in [0.2, 0.25) is 0 Å². The van der Waals surface area contributed by atoms with Crippen LogP contribution in [0.4, 0.5) is 4.39 Å². The van der Waals surface area contributed by atoms with Crippen molar-refractivity contribution < 1.29 is 22.3 Å². The molecule has 1 aromatic carbocycles. The van der Waals surface area contributed by atoms with Crippen molar-refractivity contribution in [2.24, 2.45) is 17.8 Å². The molecule has 1 amide bonds. The van der Waals surface area contributed by atoms with Crippen LogP contribution >= 0.6 is 0 Å². The minimum Gasteiger partial charge on any atom is -0.376 e. The molecule has 6 nitrogen and oxygen atoms in total. The van der Waals surface area contributed by atoms with Crippen molar-refractivity contribution in [1.29, 1.82) is 0 Å². The maximum atomic E-state index is 13.7. The first-order chi connectivity index (χ1) is 13.7. The fraction of sp³-hybridized carbons (Fsp3) is 0.667. The number of hydrogen-bond acceptors (Lipinski definition) is 4. The van der Waals surface area contributed by atoms with Gasteiger partial charge >= 0.3 is 0 Å². The number of nitrogens with one attached hydrogen (secondary N) is 1. The topological polar surface area (TPSA) is 75.7 Å². The standard InChI is InChI=1S/C21H29FN2O4S/c1-13-3-6-18(22)9-21(13)29(26,27)24-10-16-7-19(23-14(2)25)20(8-17(16)11-24)28-12-15-4-5-15/h3,6,9,15-17,19-20H,4-5,7-8,10-12H2,1-2H3,(H,23,25)/t16-,17+,19-,20-/m1/s1. The molecule has 2 saturated carbocycles. The van der Waals surface area contributed by atoms with Gasteiger partial charge in [0, 0.05) is 26.6 Å². The zero-order valence-electron chi connectivity index (χ0n) is 16.9. The molecule has 29 heavy (non-hydrogen) atoms. The molecule has 1 heterocycles. The molecule has 2 aliphatic carbocycles. The molecule has 1 N–H and O–H groups in total. The van der Waals surface area contributed by atoms with Crippen molar-refractivity contribution >= 4 is 15.9 Å². The molecule has 0 aromatic heterocycles. The van der Waals surface area contributed by atoms with Crippen LogP contribution in [0.25, 0.3) is 0 Å². The number of halogens is 1. The van der Waals surface area contributed by atoms with Gasteiger partial charge < -0.3 is 10.1 Å². The van der Waals surface area contributed by atoms with Crippen LogP contribution in [0.15, 0.2) is 23.1 Å². The Balaban J connectivity index is 1.50. The number of carbonyl (C=O) groups excluding carboxylic acids is 1. The monoisotopic (exact) mass is 424 g/mol. The highest BCUT2D eigenvalue weighted by Gasteiger charge is 2.46. The summed E-state index contributed by atoms with van der Waals surface area (Å²) in [6, 6.07) is 3.79. The number of rotatable bonds is 6. The number of carbonyl (C=O) groups is 1. The molecule has 160 valence electrons. The average molecular weight is 425 g/mol. The van der Waals surface area contributed by atoms with Gasteiger partial charge in [-0.15, -0.1) is 0 Å². The molecule has 3 aliphatic rings. The largest absolute Gasteiger partial charge is 0.376 e. The van der Waals surface area contributed by atoms with Gasteiger partial charge in [0.1, 0.15) is 5.82 Å². The molecule has 3 fully saturated rings. The first-order valence-corrected chi connectivity index (χ1v) is 11.8. The van der Waals surface area contributed by atoms with E-state index in [4.69, 9.17) is 4.74 Å². The second-order valence-corrected chi connectivity index (χ2v) is 10.8. The van der Waals surface area contributed by atoms with E-state index in [2.05, 4.69) is 5.32 Å². The molecular weight excluding hydrogens is 395 g/mol. The lowest BCUT2D eigenvalue weighted by molar-refractivity contribution is -0.122. The summed E-state index contributed by atoms with van der Waals surface area (Å²) in [6.07, 6.45) is 3.74. The smallest absolute Gasteiger partial charge is 0.243 e. The molecule has 1 aliphatic heterocycles. The van der Waals surface area contributed by atoms with Crippen LogP contribution in [-0.4, -0.2) is 50.5 Å². The Morgan fingerprint density at radius 2 is 1.93 bits per heavy atom. The Kier molecular flexibility index (Phi) is 5.70. The van der Waals surface area contributed by atoms with Gasteiger partial charge in [0.15, 0.2) is 0 Å². The lowest BCUT2D eigenvalue weighted by Crippen LogP contribution is -2.50. The molecular formula is C21H29FN2O4S. The molecule has 4 rings (SSSR count). The number of fused-ring (bicyclic) bond motifs is 1. The third kappa shape index (κ3) is 4.49. The van der Waals surface area contributed by atoms with E-state index in [-0.39, 0.29) is 34.8 Å². The fourth-order valence-corrected chi connectivity index (χ4v) is 6.49. The van der Waals surface area contributed by atoms with Gasteiger partial charge in [-0.2, -0.15) is 4.31 Å². The summed E-state index contributed by atoms with van der Waals surface area (Å²) in [7, 11) is -3.76. The summed E-state index contributed by atoms with van der Waals surface area (Å²) in [4.78, 5) is 11.7. The van der Waals surface area contributed by atoms with Gasteiger partial charge in [-0.05, 0) is 68.1 Å². The predicted molar refractivity (Wildman–Crippen MR) is 106 cm³/mol. The summed E-state index contributed by atoms with van der Waals surface area (Å²) in [6.45, 7) is 4.71. The Labute approximate surface area is 171 Å². The number of aryl methyl sites for hydroxylation is 1. The molecule has 4 atom stereocenters. The first-order valence-electron chi connectivity index (χ1n) is 10.4. The van der Waals surface area contributed by atoms with E-state index in [0.717, 1.165) is 12.5 Å². The Hall–Kier alpha value is -1.51. The van der Waals surface area contributed by atoms with Gasteiger partial charge in [-0.25, -0.2) is 12.8 Å². The molecule has 0 bridgehead atoms. The van der Waals surface area contributed by atoms with Crippen molar-refractivity contribution in [2.45, 2.75) is 56.6 Å². The van der Waals surface area contributed by atoms with Gasteiger partial charge in [0.25, 0.3) is 0 Å². The zero-order chi connectivity index (χ0) is 20.8. The molecule has 0 radical (unpaired) electrons. The highest BCUT2D eigenvalue weighted by atomic mass is 32.2. The summed E-state index contributed by atoms with van der Waals surface area (Å²) < 4.78 is 47.7. The van der Waals surface area contributed by atoms with Crippen molar-refractivity contribution in [1.82, 2.24) is 9.62 Å². The molecule has 0 spiro atoms. The fourth-order valence-electron chi connectivity index (χ4n) is 4.70. The molecule has 1 aromatic rings. The number of benzene rings is 1. The van der Waals surface area contributed by atoms with E-state index in [1.54, 1.807) is 6.92 Å². The van der Waals surface area contributed by atoms with Crippen molar-refractivity contribution in [3.8, 4) is 0 Å². The van der Waals surface area contributed by atoms with E-state index in [9.17, 15) is 17.6 Å². The van der Waals surface area contributed by atoms with Gasteiger partial charge in [-0.1, -0.05) is 6.07 Å². The van der Waals surface area contributed by atoms with Crippen LogP contribution in [0.3, 0.4) is 0 Å². The maximum absolute atomic E-state index is 13.7.